The van der Waals surface area contributed by atoms with Crippen LogP contribution in [-0.2, 0) is 0 Å². The molecule has 4 aromatic rings. The number of aromatic amines is 1. The minimum Gasteiger partial charge on any atom is -0.485 e. The molecule has 0 aliphatic rings. The zero-order valence-electron chi connectivity index (χ0n) is 14.8. The van der Waals surface area contributed by atoms with E-state index in [9.17, 15) is 14.0 Å². The number of nitrogens with one attached hydrogen (secondary N) is 1. The number of ether oxygens (including phenoxy) is 1. The van der Waals surface area contributed by atoms with Crippen molar-refractivity contribution in [3.63, 3.8) is 0 Å². The Kier molecular flexibility index (Phi) is 4.72. The van der Waals surface area contributed by atoms with Gasteiger partial charge in [-0.1, -0.05) is 18.2 Å². The number of hydrogen-bond acceptors (Lipinski definition) is 3. The molecule has 0 aliphatic carbocycles. The third-order valence-electron chi connectivity index (χ3n) is 4.48. The van der Waals surface area contributed by atoms with Gasteiger partial charge in [0.15, 0.2) is 12.4 Å². The molecule has 28 heavy (non-hydrogen) atoms. The van der Waals surface area contributed by atoms with E-state index >= 15 is 0 Å². The van der Waals surface area contributed by atoms with Crippen LogP contribution < -0.4 is 4.74 Å². The fourth-order valence-corrected chi connectivity index (χ4v) is 3.00. The summed E-state index contributed by atoms with van der Waals surface area (Å²) in [6.07, 6.45) is 1.68. The molecule has 0 spiro atoms. The molecule has 4 rings (SSSR count). The summed E-state index contributed by atoms with van der Waals surface area (Å²) in [6, 6.07) is 19.5. The molecule has 5 heteroatoms. The summed E-state index contributed by atoms with van der Waals surface area (Å²) in [5, 5.41) is 0.858. The second kappa shape index (κ2) is 7.48. The van der Waals surface area contributed by atoms with Gasteiger partial charge in [-0.3, -0.25) is 9.59 Å². The van der Waals surface area contributed by atoms with Crippen LogP contribution in [0.3, 0.4) is 0 Å². The lowest BCUT2D eigenvalue weighted by molar-refractivity contribution is 0.0922. The maximum absolute atomic E-state index is 13.0. The average Bonchev–Trinajstić information content (AvgIpc) is 3.17. The zero-order chi connectivity index (χ0) is 19.5. The second-order valence-corrected chi connectivity index (χ2v) is 6.32. The predicted molar refractivity (Wildman–Crippen MR) is 104 cm³/mol. The topological polar surface area (TPSA) is 59.2 Å². The van der Waals surface area contributed by atoms with Crippen LogP contribution in [0.4, 0.5) is 4.39 Å². The number of rotatable bonds is 6. The van der Waals surface area contributed by atoms with Crippen LogP contribution in [-0.4, -0.2) is 23.2 Å². The zero-order valence-corrected chi connectivity index (χ0v) is 14.8. The van der Waals surface area contributed by atoms with Gasteiger partial charge in [0, 0.05) is 33.8 Å². The van der Waals surface area contributed by atoms with Crippen molar-refractivity contribution in [2.45, 2.75) is 0 Å². The van der Waals surface area contributed by atoms with E-state index in [1.54, 1.807) is 30.5 Å². The molecule has 0 bridgehead atoms. The Bertz CT molecular complexity index is 1140. The lowest BCUT2D eigenvalue weighted by atomic mass is 10.0. The summed E-state index contributed by atoms with van der Waals surface area (Å²) >= 11 is 0. The maximum Gasteiger partial charge on any atom is 0.202 e. The molecule has 4 nitrogen and oxygen atoms in total. The van der Waals surface area contributed by atoms with Crippen molar-refractivity contribution in [1.29, 1.82) is 0 Å². The number of halogens is 1. The van der Waals surface area contributed by atoms with Crippen molar-refractivity contribution in [1.82, 2.24) is 4.98 Å². The standard InChI is InChI=1S/C23H16FNO3/c24-17-9-5-15(6-10-17)23(27)16-7-11-18(12-8-16)28-14-22(26)20-13-25-21-4-2-1-3-19(20)21/h1-13,25H,14H2. The van der Waals surface area contributed by atoms with Gasteiger partial charge in [-0.25, -0.2) is 4.39 Å². The summed E-state index contributed by atoms with van der Waals surface area (Å²) in [6.45, 7) is -0.104. The van der Waals surface area contributed by atoms with Gasteiger partial charge < -0.3 is 9.72 Å². The molecule has 0 radical (unpaired) electrons. The monoisotopic (exact) mass is 373 g/mol. The molecule has 0 atom stereocenters. The average molecular weight is 373 g/mol. The Morgan fingerprint density at radius 3 is 2.21 bits per heavy atom. The largest absolute Gasteiger partial charge is 0.485 e. The van der Waals surface area contributed by atoms with Crippen molar-refractivity contribution in [2.24, 2.45) is 0 Å². The molecular weight excluding hydrogens is 357 g/mol. The van der Waals surface area contributed by atoms with E-state index in [1.165, 1.54) is 24.3 Å². The van der Waals surface area contributed by atoms with Crippen molar-refractivity contribution >= 4 is 22.5 Å². The van der Waals surface area contributed by atoms with E-state index < -0.39 is 0 Å². The van der Waals surface area contributed by atoms with Crippen LogP contribution in [0.25, 0.3) is 10.9 Å². The number of H-pyrrole nitrogens is 1. The van der Waals surface area contributed by atoms with Gasteiger partial charge in [0.05, 0.1) is 0 Å². The van der Waals surface area contributed by atoms with E-state index in [0.717, 1.165) is 10.9 Å². The van der Waals surface area contributed by atoms with Gasteiger partial charge in [-0.05, 0) is 54.6 Å². The Hall–Kier alpha value is -3.73. The third-order valence-corrected chi connectivity index (χ3v) is 4.48. The fourth-order valence-electron chi connectivity index (χ4n) is 3.00. The first-order valence-corrected chi connectivity index (χ1v) is 8.74. The van der Waals surface area contributed by atoms with Crippen LogP contribution in [0.2, 0.25) is 0 Å². The number of benzene rings is 3. The van der Waals surface area contributed by atoms with Crippen LogP contribution in [0.15, 0.2) is 79.0 Å². The van der Waals surface area contributed by atoms with Gasteiger partial charge in [0.1, 0.15) is 11.6 Å². The number of aromatic nitrogens is 1. The minimum atomic E-state index is -0.389. The van der Waals surface area contributed by atoms with E-state index in [0.29, 0.717) is 22.4 Å². The van der Waals surface area contributed by atoms with Gasteiger partial charge >= 0.3 is 0 Å². The third kappa shape index (κ3) is 3.55. The first-order chi connectivity index (χ1) is 13.6. The highest BCUT2D eigenvalue weighted by Gasteiger charge is 2.13. The second-order valence-electron chi connectivity index (χ2n) is 6.32. The first-order valence-electron chi connectivity index (χ1n) is 8.74. The highest BCUT2D eigenvalue weighted by Crippen LogP contribution is 2.20. The number of fused-ring (bicyclic) bond motifs is 1. The Morgan fingerprint density at radius 1 is 0.857 bits per heavy atom. The SMILES string of the molecule is O=C(c1ccc(F)cc1)c1ccc(OCC(=O)c2c[nH]c3ccccc23)cc1. The molecule has 0 saturated carbocycles. The fraction of sp³-hybridized carbons (Fsp3) is 0.0435. The highest BCUT2D eigenvalue weighted by molar-refractivity contribution is 6.09. The van der Waals surface area contributed by atoms with Crippen molar-refractivity contribution in [3.8, 4) is 5.75 Å². The summed E-state index contributed by atoms with van der Waals surface area (Å²) in [5.41, 5.74) is 2.35. The molecule has 0 amide bonds. The maximum atomic E-state index is 13.0. The predicted octanol–water partition coefficient (Wildman–Crippen LogP) is 4.80. The van der Waals surface area contributed by atoms with Crippen LogP contribution in [0, 0.1) is 5.82 Å². The van der Waals surface area contributed by atoms with Gasteiger partial charge in [0.25, 0.3) is 0 Å². The molecule has 0 saturated heterocycles. The lowest BCUT2D eigenvalue weighted by Crippen LogP contribution is -2.11. The molecule has 0 unspecified atom stereocenters. The molecule has 0 fully saturated rings. The van der Waals surface area contributed by atoms with E-state index in [2.05, 4.69) is 4.98 Å². The van der Waals surface area contributed by atoms with Gasteiger partial charge in [-0.2, -0.15) is 0 Å². The van der Waals surface area contributed by atoms with Crippen molar-refractivity contribution in [2.75, 3.05) is 6.61 Å². The van der Waals surface area contributed by atoms with Gasteiger partial charge in [0.2, 0.25) is 5.78 Å². The number of Topliss-reactive ketones (excluding diaryl/α,β-unsaturated/α-hetero) is 1. The summed E-state index contributed by atoms with van der Waals surface area (Å²) in [5.74, 6) is -0.241. The van der Waals surface area contributed by atoms with Crippen LogP contribution in [0.1, 0.15) is 26.3 Å². The molecule has 1 aromatic heterocycles. The minimum absolute atomic E-state index is 0.104. The van der Waals surface area contributed by atoms with E-state index in [-0.39, 0.29) is 24.0 Å². The normalized spacial score (nSPS) is 10.8. The van der Waals surface area contributed by atoms with E-state index in [1.807, 2.05) is 24.3 Å². The van der Waals surface area contributed by atoms with Crippen LogP contribution in [0.5, 0.6) is 5.75 Å². The van der Waals surface area contributed by atoms with E-state index in [4.69, 9.17) is 4.74 Å². The summed E-state index contributed by atoms with van der Waals surface area (Å²) in [7, 11) is 0. The molecular formula is C23H16FNO3. The summed E-state index contributed by atoms with van der Waals surface area (Å²) in [4.78, 5) is 27.9. The number of carbonyl (C=O) groups excluding carboxylic acids is 2. The van der Waals surface area contributed by atoms with Gasteiger partial charge in [-0.15, -0.1) is 0 Å². The van der Waals surface area contributed by atoms with Crippen molar-refractivity contribution < 1.29 is 18.7 Å². The first kappa shape index (κ1) is 17.7. The Morgan fingerprint density at radius 2 is 1.50 bits per heavy atom. The number of para-hydroxylation sites is 1. The summed E-state index contributed by atoms with van der Waals surface area (Å²) < 4.78 is 18.6. The molecule has 3 aromatic carbocycles. The number of hydrogen-bond donors (Lipinski definition) is 1. The quantitative estimate of drug-likeness (QED) is 0.494. The molecule has 138 valence electrons. The molecule has 1 heterocycles. The number of carbonyl (C=O) groups is 2. The molecule has 0 aliphatic heterocycles. The van der Waals surface area contributed by atoms with Crippen molar-refractivity contribution in [3.05, 3.63) is 102 Å². The number of ketones is 2. The molecule has 1 N–H and O–H groups in total. The lowest BCUT2D eigenvalue weighted by Gasteiger charge is -2.06. The Balaban J connectivity index is 1.42. The van der Waals surface area contributed by atoms with Crippen LogP contribution >= 0.6 is 0 Å². The smallest absolute Gasteiger partial charge is 0.202 e. The Labute approximate surface area is 160 Å². The highest BCUT2D eigenvalue weighted by atomic mass is 19.1.